The van der Waals surface area contributed by atoms with Crippen molar-refractivity contribution in [1.29, 1.82) is 0 Å². The molecule has 0 amide bonds. The van der Waals surface area contributed by atoms with Gasteiger partial charge in [-0.2, -0.15) is 4.98 Å². The van der Waals surface area contributed by atoms with E-state index in [0.717, 1.165) is 11.4 Å². The monoisotopic (exact) mass is 288 g/mol. The summed E-state index contributed by atoms with van der Waals surface area (Å²) >= 11 is 0. The van der Waals surface area contributed by atoms with Gasteiger partial charge in [0, 0.05) is 19.3 Å². The van der Waals surface area contributed by atoms with Gasteiger partial charge < -0.3 is 14.5 Å². The summed E-state index contributed by atoms with van der Waals surface area (Å²) in [6.45, 7) is 3.09. The van der Waals surface area contributed by atoms with Crippen LogP contribution in [0.5, 0.6) is 0 Å². The van der Waals surface area contributed by atoms with E-state index in [1.54, 1.807) is 13.1 Å². The number of carboxylic acids is 1. The minimum atomic E-state index is -0.719. The van der Waals surface area contributed by atoms with E-state index in [2.05, 4.69) is 20.0 Å². The van der Waals surface area contributed by atoms with Crippen LogP contribution >= 0.6 is 0 Å². The van der Waals surface area contributed by atoms with Crippen LogP contribution in [0.2, 0.25) is 0 Å². The topological polar surface area (TPSA) is 92.4 Å². The van der Waals surface area contributed by atoms with Gasteiger partial charge in [0.25, 0.3) is 5.89 Å². The van der Waals surface area contributed by atoms with Crippen LogP contribution in [-0.4, -0.2) is 39.3 Å². The van der Waals surface area contributed by atoms with Crippen LogP contribution in [0.4, 0.5) is 5.82 Å². The molecule has 0 radical (unpaired) electrons. The fourth-order valence-electron chi connectivity index (χ4n) is 2.56. The maximum Gasteiger partial charge on any atom is 0.306 e. The average Bonchev–Trinajstić information content (AvgIpc) is 2.94. The normalized spacial score (nSPS) is 16.1. The van der Waals surface area contributed by atoms with E-state index in [1.807, 2.05) is 12.1 Å². The van der Waals surface area contributed by atoms with Gasteiger partial charge in [-0.1, -0.05) is 5.16 Å². The maximum atomic E-state index is 11.0. The highest BCUT2D eigenvalue weighted by molar-refractivity contribution is 5.72. The van der Waals surface area contributed by atoms with Gasteiger partial charge in [-0.3, -0.25) is 4.79 Å². The number of rotatable bonds is 3. The fourth-order valence-corrected chi connectivity index (χ4v) is 2.56. The third kappa shape index (κ3) is 2.72. The number of hydrogen-bond donors (Lipinski definition) is 1. The van der Waals surface area contributed by atoms with Gasteiger partial charge in [0.15, 0.2) is 5.82 Å². The third-order valence-electron chi connectivity index (χ3n) is 3.69. The SMILES string of the molecule is Cc1noc(-c2cccnc2N2CCC(C(=O)O)CC2)n1. The lowest BCUT2D eigenvalue weighted by Gasteiger charge is -2.31. The van der Waals surface area contributed by atoms with Gasteiger partial charge in [-0.15, -0.1) is 0 Å². The number of aliphatic carboxylic acids is 1. The highest BCUT2D eigenvalue weighted by Crippen LogP contribution is 2.30. The molecule has 1 aliphatic rings. The van der Waals surface area contributed by atoms with Crippen LogP contribution in [0.15, 0.2) is 22.9 Å². The van der Waals surface area contributed by atoms with Crippen molar-refractivity contribution < 1.29 is 14.4 Å². The van der Waals surface area contributed by atoms with Crippen LogP contribution in [0.1, 0.15) is 18.7 Å². The van der Waals surface area contributed by atoms with Crippen LogP contribution in [-0.2, 0) is 4.79 Å². The van der Waals surface area contributed by atoms with Crippen molar-refractivity contribution in [2.45, 2.75) is 19.8 Å². The van der Waals surface area contributed by atoms with Crippen LogP contribution in [0.25, 0.3) is 11.5 Å². The predicted molar refractivity (Wildman–Crippen MR) is 74.8 cm³/mol. The van der Waals surface area contributed by atoms with E-state index in [0.29, 0.717) is 37.6 Å². The summed E-state index contributed by atoms with van der Waals surface area (Å²) in [4.78, 5) is 21.7. The summed E-state index contributed by atoms with van der Waals surface area (Å²) in [7, 11) is 0. The number of anilines is 1. The Morgan fingerprint density at radius 1 is 1.43 bits per heavy atom. The molecule has 2 aromatic rings. The molecule has 0 unspecified atom stereocenters. The van der Waals surface area contributed by atoms with Crippen LogP contribution in [0, 0.1) is 12.8 Å². The summed E-state index contributed by atoms with van der Waals surface area (Å²) in [5.41, 5.74) is 0.784. The quantitative estimate of drug-likeness (QED) is 0.919. The number of nitrogens with zero attached hydrogens (tertiary/aromatic N) is 4. The van der Waals surface area contributed by atoms with Crippen molar-refractivity contribution in [3.05, 3.63) is 24.2 Å². The second-order valence-corrected chi connectivity index (χ2v) is 5.12. The molecule has 2 aromatic heterocycles. The molecule has 7 nitrogen and oxygen atoms in total. The molecule has 1 saturated heterocycles. The molecule has 1 aliphatic heterocycles. The Labute approximate surface area is 121 Å². The van der Waals surface area contributed by atoms with Gasteiger partial charge in [0.2, 0.25) is 0 Å². The number of piperidine rings is 1. The average molecular weight is 288 g/mol. The summed E-state index contributed by atoms with van der Waals surface area (Å²) in [6.07, 6.45) is 2.95. The molecule has 3 rings (SSSR count). The summed E-state index contributed by atoms with van der Waals surface area (Å²) in [6, 6.07) is 3.71. The first-order valence-corrected chi connectivity index (χ1v) is 6.88. The van der Waals surface area contributed by atoms with Crippen molar-refractivity contribution in [3.63, 3.8) is 0 Å². The van der Waals surface area contributed by atoms with Crippen molar-refractivity contribution in [2.24, 2.45) is 5.92 Å². The van der Waals surface area contributed by atoms with Gasteiger partial charge in [-0.05, 0) is 31.9 Å². The van der Waals surface area contributed by atoms with E-state index < -0.39 is 5.97 Å². The first kappa shape index (κ1) is 13.5. The first-order chi connectivity index (χ1) is 10.1. The number of aryl methyl sites for hydroxylation is 1. The second-order valence-electron chi connectivity index (χ2n) is 5.12. The zero-order chi connectivity index (χ0) is 14.8. The fraction of sp³-hybridized carbons (Fsp3) is 0.429. The number of aromatic nitrogens is 3. The first-order valence-electron chi connectivity index (χ1n) is 6.88. The smallest absolute Gasteiger partial charge is 0.306 e. The van der Waals surface area contributed by atoms with E-state index in [1.165, 1.54) is 0 Å². The summed E-state index contributed by atoms with van der Waals surface area (Å²) in [5.74, 6) is 0.799. The lowest BCUT2D eigenvalue weighted by atomic mass is 9.97. The Balaban J connectivity index is 1.85. The largest absolute Gasteiger partial charge is 0.481 e. The van der Waals surface area contributed by atoms with E-state index in [-0.39, 0.29) is 5.92 Å². The molecule has 0 atom stereocenters. The Kier molecular flexibility index (Phi) is 3.55. The molecule has 0 spiro atoms. The lowest BCUT2D eigenvalue weighted by molar-refractivity contribution is -0.142. The van der Waals surface area contributed by atoms with Crippen molar-refractivity contribution >= 4 is 11.8 Å². The summed E-state index contributed by atoms with van der Waals surface area (Å²) in [5, 5.41) is 12.9. The Morgan fingerprint density at radius 3 is 2.81 bits per heavy atom. The Bertz CT molecular complexity index is 647. The molecule has 21 heavy (non-hydrogen) atoms. The number of pyridine rings is 1. The molecule has 1 N–H and O–H groups in total. The molecule has 0 aliphatic carbocycles. The standard InChI is InChI=1S/C14H16N4O3/c1-9-16-13(21-17-9)11-3-2-6-15-12(11)18-7-4-10(5-8-18)14(19)20/h2-3,6,10H,4-5,7-8H2,1H3,(H,19,20). The number of carboxylic acid groups (broad SMARTS) is 1. The van der Waals surface area contributed by atoms with Gasteiger partial charge in [0.1, 0.15) is 5.82 Å². The zero-order valence-electron chi connectivity index (χ0n) is 11.7. The Hall–Kier alpha value is -2.44. The lowest BCUT2D eigenvalue weighted by Crippen LogP contribution is -2.37. The zero-order valence-corrected chi connectivity index (χ0v) is 11.7. The van der Waals surface area contributed by atoms with E-state index >= 15 is 0 Å². The molecular formula is C14H16N4O3. The van der Waals surface area contributed by atoms with Crippen molar-refractivity contribution in [3.8, 4) is 11.5 Å². The minimum Gasteiger partial charge on any atom is -0.481 e. The van der Waals surface area contributed by atoms with Crippen molar-refractivity contribution in [1.82, 2.24) is 15.1 Å². The van der Waals surface area contributed by atoms with E-state index in [4.69, 9.17) is 9.63 Å². The van der Waals surface area contributed by atoms with Crippen LogP contribution in [0.3, 0.4) is 0 Å². The number of carbonyl (C=O) groups is 1. The van der Waals surface area contributed by atoms with Gasteiger partial charge >= 0.3 is 5.97 Å². The Morgan fingerprint density at radius 2 is 2.19 bits per heavy atom. The van der Waals surface area contributed by atoms with Gasteiger partial charge in [-0.25, -0.2) is 4.98 Å². The molecule has 3 heterocycles. The molecule has 0 saturated carbocycles. The molecular weight excluding hydrogens is 272 g/mol. The highest BCUT2D eigenvalue weighted by Gasteiger charge is 2.27. The number of hydrogen-bond acceptors (Lipinski definition) is 6. The second kappa shape index (κ2) is 5.51. The molecule has 110 valence electrons. The third-order valence-corrected chi connectivity index (χ3v) is 3.69. The van der Waals surface area contributed by atoms with Crippen molar-refractivity contribution in [2.75, 3.05) is 18.0 Å². The predicted octanol–water partition coefficient (Wildman–Crippen LogP) is 1.74. The molecule has 0 bridgehead atoms. The molecule has 1 fully saturated rings. The molecule has 0 aromatic carbocycles. The highest BCUT2D eigenvalue weighted by atomic mass is 16.5. The minimum absolute atomic E-state index is 0.265. The molecule has 7 heteroatoms. The van der Waals surface area contributed by atoms with Gasteiger partial charge in [0.05, 0.1) is 11.5 Å². The summed E-state index contributed by atoms with van der Waals surface area (Å²) < 4.78 is 5.22. The maximum absolute atomic E-state index is 11.0. The van der Waals surface area contributed by atoms with Crippen LogP contribution < -0.4 is 4.90 Å². The van der Waals surface area contributed by atoms with E-state index in [9.17, 15) is 4.79 Å².